The fraction of sp³-hybridized carbons (Fsp3) is 0.190. The molecule has 2 N–H and O–H groups in total. The number of hydrogen-bond donors (Lipinski definition) is 1. The van der Waals surface area contributed by atoms with Crippen molar-refractivity contribution in [3.8, 4) is 0 Å². The van der Waals surface area contributed by atoms with E-state index in [2.05, 4.69) is 40.5 Å². The van der Waals surface area contributed by atoms with Crippen LogP contribution >= 0.6 is 23.1 Å². The lowest BCUT2D eigenvalue weighted by Gasteiger charge is -2.07. The molecule has 0 aliphatic heterocycles. The number of fused-ring (bicyclic) bond motifs is 1. The molecule has 142 valence electrons. The van der Waals surface area contributed by atoms with Crippen LogP contribution in [-0.2, 0) is 6.42 Å². The van der Waals surface area contributed by atoms with Crippen LogP contribution in [0.2, 0.25) is 0 Å². The van der Waals surface area contributed by atoms with Crippen LogP contribution in [-0.4, -0.2) is 26.4 Å². The summed E-state index contributed by atoms with van der Waals surface area (Å²) in [5, 5.41) is 13.5. The molecule has 0 radical (unpaired) electrons. The normalized spacial score (nSPS) is 11.1. The van der Waals surface area contributed by atoms with Crippen molar-refractivity contribution in [2.75, 3.05) is 11.6 Å². The van der Waals surface area contributed by atoms with Crippen molar-refractivity contribution in [3.05, 3.63) is 76.2 Å². The molecule has 0 atom stereocenters. The Morgan fingerprint density at radius 3 is 2.79 bits per heavy atom. The third kappa shape index (κ3) is 4.10. The summed E-state index contributed by atoms with van der Waals surface area (Å²) in [6.07, 6.45) is 1.95. The summed E-state index contributed by atoms with van der Waals surface area (Å²) >= 11 is 3.03. The van der Waals surface area contributed by atoms with Gasteiger partial charge in [-0.1, -0.05) is 60.3 Å². The van der Waals surface area contributed by atoms with Crippen molar-refractivity contribution >= 4 is 39.7 Å². The Labute approximate surface area is 171 Å². The Hall–Kier alpha value is -2.64. The average molecular weight is 409 g/mol. The Morgan fingerprint density at radius 1 is 1.07 bits per heavy atom. The highest BCUT2D eigenvalue weighted by Gasteiger charge is 2.13. The Bertz CT molecular complexity index is 1080. The summed E-state index contributed by atoms with van der Waals surface area (Å²) < 4.78 is 1.56. The number of nitrogen functional groups attached to an aromatic ring is 1. The largest absolute Gasteiger partial charge is 0.336 e. The molecule has 0 saturated carbocycles. The summed E-state index contributed by atoms with van der Waals surface area (Å²) in [5.41, 5.74) is 1.18. The summed E-state index contributed by atoms with van der Waals surface area (Å²) in [4.78, 5) is 12.9. The minimum atomic E-state index is 0.196. The Kier molecular flexibility index (Phi) is 5.73. The number of thiophene rings is 1. The highest BCUT2D eigenvalue weighted by molar-refractivity contribution is 7.99. The number of thioether (sulfide) groups is 1. The summed E-state index contributed by atoms with van der Waals surface area (Å²) in [6.45, 7) is 0. The molecule has 0 amide bonds. The molecule has 4 rings (SSSR count). The van der Waals surface area contributed by atoms with Gasteiger partial charge in [0.25, 0.3) is 0 Å². The molecule has 2 heterocycles. The van der Waals surface area contributed by atoms with Crippen LogP contribution in [0.5, 0.6) is 0 Å². The van der Waals surface area contributed by atoms with E-state index < -0.39 is 0 Å². The first kappa shape index (κ1) is 18.7. The lowest BCUT2D eigenvalue weighted by molar-refractivity contribution is 0.0986. The van der Waals surface area contributed by atoms with Gasteiger partial charge in [0.2, 0.25) is 5.16 Å². The van der Waals surface area contributed by atoms with E-state index in [1.165, 1.54) is 39.4 Å². The zero-order valence-electron chi connectivity index (χ0n) is 15.2. The lowest BCUT2D eigenvalue weighted by Crippen LogP contribution is -2.14. The van der Waals surface area contributed by atoms with Crippen LogP contribution in [0.3, 0.4) is 0 Å². The highest BCUT2D eigenvalue weighted by Crippen LogP contribution is 2.23. The first-order valence-electron chi connectivity index (χ1n) is 9.08. The van der Waals surface area contributed by atoms with Gasteiger partial charge in [-0.05, 0) is 34.2 Å². The predicted molar refractivity (Wildman–Crippen MR) is 116 cm³/mol. The molecule has 0 aliphatic rings. The number of aromatic nitrogens is 3. The minimum absolute atomic E-state index is 0.196. The number of carbonyl (C=O) groups is 1. The Morgan fingerprint density at radius 2 is 1.93 bits per heavy atom. The first-order valence-corrected chi connectivity index (χ1v) is 10.9. The van der Waals surface area contributed by atoms with Crippen LogP contribution in [0.15, 0.2) is 65.1 Å². The zero-order chi connectivity index (χ0) is 19.3. The number of nitrogens with zero attached hydrogens (tertiary/aromatic N) is 3. The quantitative estimate of drug-likeness (QED) is 0.200. The molecule has 5 nitrogen and oxygen atoms in total. The zero-order valence-corrected chi connectivity index (χ0v) is 16.9. The fourth-order valence-electron chi connectivity index (χ4n) is 3.10. The van der Waals surface area contributed by atoms with Gasteiger partial charge in [0.1, 0.15) is 0 Å². The smallest absolute Gasteiger partial charge is 0.209 e. The van der Waals surface area contributed by atoms with Crippen molar-refractivity contribution in [3.63, 3.8) is 0 Å². The van der Waals surface area contributed by atoms with E-state index >= 15 is 0 Å². The van der Waals surface area contributed by atoms with E-state index in [0.717, 1.165) is 22.9 Å². The van der Waals surface area contributed by atoms with Gasteiger partial charge in [0, 0.05) is 18.6 Å². The van der Waals surface area contributed by atoms with Gasteiger partial charge in [-0.25, -0.2) is 4.68 Å². The second-order valence-electron chi connectivity index (χ2n) is 6.44. The lowest BCUT2D eigenvalue weighted by atomic mass is 10.0. The Balaban J connectivity index is 1.37. The monoisotopic (exact) mass is 408 g/mol. The van der Waals surface area contributed by atoms with Crippen LogP contribution in [0.4, 0.5) is 0 Å². The first-order chi connectivity index (χ1) is 13.7. The maximum absolute atomic E-state index is 12.0. The number of carbonyl (C=O) groups excluding carboxylic acids is 1. The molecule has 2 aromatic heterocycles. The molecule has 0 aliphatic carbocycles. The van der Waals surface area contributed by atoms with Crippen molar-refractivity contribution < 1.29 is 4.79 Å². The topological polar surface area (TPSA) is 73.8 Å². The minimum Gasteiger partial charge on any atom is -0.336 e. The molecule has 0 saturated heterocycles. The molecule has 0 unspecified atom stereocenters. The molecular weight excluding hydrogens is 388 g/mol. The van der Waals surface area contributed by atoms with Gasteiger partial charge in [-0.15, -0.1) is 21.5 Å². The fourth-order valence-corrected chi connectivity index (χ4v) is 4.61. The number of benzene rings is 2. The van der Waals surface area contributed by atoms with E-state index in [9.17, 15) is 4.79 Å². The maximum Gasteiger partial charge on any atom is 0.209 e. The molecule has 4 aromatic rings. The van der Waals surface area contributed by atoms with Crippen molar-refractivity contribution in [2.45, 2.75) is 24.4 Å². The standard InChI is InChI=1S/C21H20N4OS2/c22-25-20(14-16-8-3-7-15-6-1-2-9-17(15)16)23-24-21(25)28-13-4-10-18(26)19-11-5-12-27-19/h1-3,5-9,11-12H,4,10,13-14,22H2. The van der Waals surface area contributed by atoms with Crippen LogP contribution in [0.1, 0.15) is 33.9 Å². The van der Waals surface area contributed by atoms with Crippen LogP contribution in [0, 0.1) is 0 Å². The van der Waals surface area contributed by atoms with Crippen LogP contribution < -0.4 is 5.84 Å². The third-order valence-corrected chi connectivity index (χ3v) is 6.48. The highest BCUT2D eigenvalue weighted by atomic mass is 32.2. The summed E-state index contributed by atoms with van der Waals surface area (Å²) in [7, 11) is 0. The maximum atomic E-state index is 12.0. The van der Waals surface area contributed by atoms with E-state index in [-0.39, 0.29) is 5.78 Å². The number of ketones is 1. The van der Waals surface area contributed by atoms with E-state index in [1.807, 2.05) is 29.6 Å². The second-order valence-corrected chi connectivity index (χ2v) is 8.45. The molecule has 0 bridgehead atoms. The van der Waals surface area contributed by atoms with E-state index in [1.54, 1.807) is 4.68 Å². The van der Waals surface area contributed by atoms with Crippen molar-refractivity contribution in [1.29, 1.82) is 0 Å². The number of nitrogens with two attached hydrogens (primary N) is 1. The van der Waals surface area contributed by atoms with Gasteiger partial charge in [-0.2, -0.15) is 0 Å². The number of Topliss-reactive ketones (excluding diaryl/α,β-unsaturated/α-hetero) is 1. The SMILES string of the molecule is Nn1c(Cc2cccc3ccccc23)nnc1SCCCC(=O)c1cccs1. The third-order valence-electron chi connectivity index (χ3n) is 4.54. The van der Waals surface area contributed by atoms with Crippen LogP contribution in [0.25, 0.3) is 10.8 Å². The van der Waals surface area contributed by atoms with Crippen molar-refractivity contribution in [2.24, 2.45) is 0 Å². The molecule has 0 spiro atoms. The van der Waals surface area contributed by atoms with E-state index in [0.29, 0.717) is 18.0 Å². The predicted octanol–water partition coefficient (Wildman–Crippen LogP) is 4.55. The second kappa shape index (κ2) is 8.58. The van der Waals surface area contributed by atoms with Gasteiger partial charge in [0.05, 0.1) is 4.88 Å². The van der Waals surface area contributed by atoms with Crippen molar-refractivity contribution in [1.82, 2.24) is 14.9 Å². The molecule has 28 heavy (non-hydrogen) atoms. The van der Waals surface area contributed by atoms with Gasteiger partial charge in [-0.3, -0.25) is 4.79 Å². The molecular formula is C21H20N4OS2. The molecule has 7 heteroatoms. The summed E-state index contributed by atoms with van der Waals surface area (Å²) in [6, 6.07) is 18.3. The van der Waals surface area contributed by atoms with E-state index in [4.69, 9.17) is 5.84 Å². The number of rotatable bonds is 8. The van der Waals surface area contributed by atoms with Gasteiger partial charge < -0.3 is 5.84 Å². The average Bonchev–Trinajstić information content (AvgIpc) is 3.37. The molecule has 0 fully saturated rings. The molecule has 2 aromatic carbocycles. The van der Waals surface area contributed by atoms with Gasteiger partial charge in [0.15, 0.2) is 11.6 Å². The summed E-state index contributed by atoms with van der Waals surface area (Å²) in [5.74, 6) is 7.92. The number of hydrogen-bond acceptors (Lipinski definition) is 6. The van der Waals surface area contributed by atoms with Gasteiger partial charge >= 0.3 is 0 Å².